The maximum atomic E-state index is 11.4. The molecule has 62 valence electrons. The summed E-state index contributed by atoms with van der Waals surface area (Å²) in [6.45, 7) is 0. The Morgan fingerprint density at radius 1 is 1.27 bits per heavy atom. The zero-order valence-corrected chi connectivity index (χ0v) is 8.01. The number of halogens is 1. The zero-order chi connectivity index (χ0) is 7.84. The highest BCUT2D eigenvalue weighted by atomic mass is 79.9. The second kappa shape index (κ2) is 2.77. The fourth-order valence-electron chi connectivity index (χ4n) is 2.39. The van der Waals surface area contributed by atoms with Crippen LogP contribution in [0.15, 0.2) is 0 Å². The van der Waals surface area contributed by atoms with Crippen LogP contribution >= 0.6 is 15.9 Å². The van der Waals surface area contributed by atoms with Crippen LogP contribution in [0.25, 0.3) is 0 Å². The number of nitrogens with zero attached hydrogens (tertiary/aromatic N) is 1. The van der Waals surface area contributed by atoms with E-state index in [0.717, 1.165) is 0 Å². The third kappa shape index (κ3) is 1.10. The molecule has 11 heavy (non-hydrogen) atoms. The lowest BCUT2D eigenvalue weighted by Crippen LogP contribution is -2.35. The Kier molecular flexibility index (Phi) is 1.91. The quantitative estimate of drug-likeness (QED) is 0.611. The number of hydrogen-bond acceptors (Lipinski definition) is 1. The van der Waals surface area contributed by atoms with Gasteiger partial charge in [0.05, 0.1) is 5.33 Å². The van der Waals surface area contributed by atoms with Crippen molar-refractivity contribution in [2.24, 2.45) is 0 Å². The van der Waals surface area contributed by atoms with E-state index >= 15 is 0 Å². The Labute approximate surface area is 75.1 Å². The lowest BCUT2D eigenvalue weighted by atomic mass is 10.0. The van der Waals surface area contributed by atoms with E-state index in [1.165, 1.54) is 25.7 Å². The molecule has 0 N–H and O–H groups in total. The van der Waals surface area contributed by atoms with Crippen LogP contribution in [0.2, 0.25) is 0 Å². The van der Waals surface area contributed by atoms with Gasteiger partial charge in [0, 0.05) is 12.1 Å². The molecule has 2 nitrogen and oxygen atoms in total. The minimum Gasteiger partial charge on any atom is -0.336 e. The van der Waals surface area contributed by atoms with E-state index in [9.17, 15) is 4.79 Å². The summed E-state index contributed by atoms with van der Waals surface area (Å²) in [7, 11) is 0. The Hall–Kier alpha value is -0.0500. The second-order valence-corrected chi connectivity index (χ2v) is 3.96. The number of rotatable bonds is 1. The molecule has 0 atom stereocenters. The van der Waals surface area contributed by atoms with E-state index in [1.807, 2.05) is 0 Å². The Bertz CT molecular complexity index is 163. The number of hydrogen-bond donors (Lipinski definition) is 0. The molecule has 0 aromatic rings. The minimum atomic E-state index is 0.287. The first-order valence-electron chi connectivity index (χ1n) is 4.20. The van der Waals surface area contributed by atoms with Gasteiger partial charge in [0.25, 0.3) is 0 Å². The van der Waals surface area contributed by atoms with E-state index in [2.05, 4.69) is 20.8 Å². The predicted octanol–water partition coefficient (Wildman–Crippen LogP) is 1.53. The Morgan fingerprint density at radius 3 is 2.09 bits per heavy atom. The standard InChI is InChI=1S/C8H12BrNO/c9-5-8(11)10-6-1-2-7(10)4-3-6/h6-7H,1-5H2. The van der Waals surface area contributed by atoms with Gasteiger partial charge in [-0.05, 0) is 25.7 Å². The highest BCUT2D eigenvalue weighted by Gasteiger charge is 2.41. The van der Waals surface area contributed by atoms with Crippen LogP contribution in [0.4, 0.5) is 0 Å². The third-order valence-electron chi connectivity index (χ3n) is 2.86. The highest BCUT2D eigenvalue weighted by molar-refractivity contribution is 9.09. The van der Waals surface area contributed by atoms with E-state index < -0.39 is 0 Å². The fraction of sp³-hybridized carbons (Fsp3) is 0.875. The van der Waals surface area contributed by atoms with Crippen LogP contribution in [0, 0.1) is 0 Å². The maximum Gasteiger partial charge on any atom is 0.233 e. The van der Waals surface area contributed by atoms with Crippen molar-refractivity contribution in [3.63, 3.8) is 0 Å². The molecule has 0 aliphatic carbocycles. The molecule has 2 saturated heterocycles. The van der Waals surface area contributed by atoms with Gasteiger partial charge in [0.2, 0.25) is 5.91 Å². The largest absolute Gasteiger partial charge is 0.336 e. The molecule has 2 aliphatic rings. The van der Waals surface area contributed by atoms with Crippen molar-refractivity contribution >= 4 is 21.8 Å². The molecule has 2 heterocycles. The van der Waals surface area contributed by atoms with Crippen LogP contribution < -0.4 is 0 Å². The average molecular weight is 218 g/mol. The van der Waals surface area contributed by atoms with Gasteiger partial charge in [-0.3, -0.25) is 4.79 Å². The highest BCUT2D eigenvalue weighted by Crippen LogP contribution is 2.37. The lowest BCUT2D eigenvalue weighted by Gasteiger charge is -2.20. The Balaban J connectivity index is 2.09. The van der Waals surface area contributed by atoms with Gasteiger partial charge in [-0.1, -0.05) is 15.9 Å². The van der Waals surface area contributed by atoms with Gasteiger partial charge in [0.1, 0.15) is 0 Å². The molecule has 1 amide bonds. The first-order valence-corrected chi connectivity index (χ1v) is 5.32. The molecule has 0 saturated carbocycles. The number of carbonyl (C=O) groups is 1. The van der Waals surface area contributed by atoms with E-state index in [4.69, 9.17) is 0 Å². The average Bonchev–Trinajstić information content (AvgIpc) is 2.61. The van der Waals surface area contributed by atoms with Crippen LogP contribution in [0.5, 0.6) is 0 Å². The van der Waals surface area contributed by atoms with Crippen molar-refractivity contribution in [2.45, 2.75) is 37.8 Å². The summed E-state index contributed by atoms with van der Waals surface area (Å²) in [5.41, 5.74) is 0. The summed E-state index contributed by atoms with van der Waals surface area (Å²) < 4.78 is 0. The molecule has 0 radical (unpaired) electrons. The minimum absolute atomic E-state index is 0.287. The molecule has 2 bridgehead atoms. The maximum absolute atomic E-state index is 11.4. The first-order chi connectivity index (χ1) is 5.33. The smallest absolute Gasteiger partial charge is 0.233 e. The number of fused-ring (bicyclic) bond motifs is 2. The monoisotopic (exact) mass is 217 g/mol. The summed E-state index contributed by atoms with van der Waals surface area (Å²) in [6.07, 6.45) is 4.96. The van der Waals surface area contributed by atoms with Crippen molar-refractivity contribution in [3.8, 4) is 0 Å². The molecular weight excluding hydrogens is 206 g/mol. The van der Waals surface area contributed by atoms with Crippen molar-refractivity contribution in [3.05, 3.63) is 0 Å². The van der Waals surface area contributed by atoms with E-state index in [1.54, 1.807) is 0 Å². The van der Waals surface area contributed by atoms with Crippen molar-refractivity contribution in [1.29, 1.82) is 0 Å². The molecule has 2 rings (SSSR count). The van der Waals surface area contributed by atoms with Crippen LogP contribution in [0.1, 0.15) is 25.7 Å². The molecule has 3 heteroatoms. The molecule has 0 unspecified atom stereocenters. The topological polar surface area (TPSA) is 20.3 Å². The van der Waals surface area contributed by atoms with Crippen molar-refractivity contribution in [1.82, 2.24) is 4.90 Å². The molecular formula is C8H12BrNO. The number of carbonyl (C=O) groups excluding carboxylic acids is 1. The van der Waals surface area contributed by atoms with E-state index in [-0.39, 0.29) is 5.91 Å². The molecule has 0 aromatic heterocycles. The second-order valence-electron chi connectivity index (χ2n) is 3.40. The number of alkyl halides is 1. The summed E-state index contributed by atoms with van der Waals surface area (Å²) in [5.74, 6) is 0.287. The van der Waals surface area contributed by atoms with Crippen LogP contribution in [-0.2, 0) is 4.79 Å². The summed E-state index contributed by atoms with van der Waals surface area (Å²) >= 11 is 3.22. The van der Waals surface area contributed by atoms with Gasteiger partial charge in [0.15, 0.2) is 0 Å². The molecule has 2 fully saturated rings. The van der Waals surface area contributed by atoms with E-state index in [0.29, 0.717) is 17.4 Å². The summed E-state index contributed by atoms with van der Waals surface area (Å²) in [5, 5.41) is 0.500. The van der Waals surface area contributed by atoms with Crippen LogP contribution in [0.3, 0.4) is 0 Å². The third-order valence-corrected chi connectivity index (χ3v) is 3.33. The zero-order valence-electron chi connectivity index (χ0n) is 6.42. The predicted molar refractivity (Wildman–Crippen MR) is 46.7 cm³/mol. The number of amides is 1. The van der Waals surface area contributed by atoms with Crippen LogP contribution in [-0.4, -0.2) is 28.2 Å². The van der Waals surface area contributed by atoms with Crippen molar-refractivity contribution in [2.75, 3.05) is 5.33 Å². The van der Waals surface area contributed by atoms with Gasteiger partial charge in [-0.2, -0.15) is 0 Å². The van der Waals surface area contributed by atoms with Crippen molar-refractivity contribution < 1.29 is 4.79 Å². The van der Waals surface area contributed by atoms with Gasteiger partial charge in [-0.25, -0.2) is 0 Å². The summed E-state index contributed by atoms with van der Waals surface area (Å²) in [6, 6.07) is 1.18. The SMILES string of the molecule is O=C(CBr)N1C2CCC1CC2. The normalized spacial score (nSPS) is 34.8. The first kappa shape index (κ1) is 7.59. The lowest BCUT2D eigenvalue weighted by molar-refractivity contribution is -0.129. The van der Waals surface area contributed by atoms with Gasteiger partial charge < -0.3 is 4.90 Å². The molecule has 2 aliphatic heterocycles. The summed E-state index contributed by atoms with van der Waals surface area (Å²) in [4.78, 5) is 13.4. The molecule has 0 spiro atoms. The van der Waals surface area contributed by atoms with Gasteiger partial charge >= 0.3 is 0 Å². The fourth-order valence-corrected chi connectivity index (χ4v) is 2.68. The Morgan fingerprint density at radius 2 is 1.73 bits per heavy atom. The van der Waals surface area contributed by atoms with Gasteiger partial charge in [-0.15, -0.1) is 0 Å². The molecule has 0 aromatic carbocycles.